The van der Waals surface area contributed by atoms with E-state index in [2.05, 4.69) is 10.6 Å². The molecule has 0 aliphatic carbocycles. The molecule has 2 rings (SSSR count). The van der Waals surface area contributed by atoms with E-state index in [0.29, 0.717) is 22.2 Å². The molecule has 0 saturated heterocycles. The molecule has 6 nitrogen and oxygen atoms in total. The number of anilines is 1. The lowest BCUT2D eigenvalue weighted by molar-refractivity contribution is -0.120. The summed E-state index contributed by atoms with van der Waals surface area (Å²) in [4.78, 5) is 24.2. The molecule has 144 valence electrons. The van der Waals surface area contributed by atoms with Gasteiger partial charge in [-0.05, 0) is 36.2 Å². The molecule has 2 amide bonds. The SMILES string of the molecule is COc1ccc(C(CC(=O)Nc2cc(C)c(Cl)cc2OC)NC(C)=O)cc1. The monoisotopic (exact) mass is 390 g/mol. The van der Waals surface area contributed by atoms with Crippen LogP contribution in [0.15, 0.2) is 36.4 Å². The molecule has 1 unspecified atom stereocenters. The third-order valence-corrected chi connectivity index (χ3v) is 4.45. The highest BCUT2D eigenvalue weighted by atomic mass is 35.5. The molecule has 1 atom stereocenters. The van der Waals surface area contributed by atoms with Crippen LogP contribution in [0.25, 0.3) is 0 Å². The summed E-state index contributed by atoms with van der Waals surface area (Å²) in [6.45, 7) is 3.26. The first kappa shape index (κ1) is 20.6. The number of rotatable bonds is 7. The van der Waals surface area contributed by atoms with Gasteiger partial charge in [-0.1, -0.05) is 23.7 Å². The number of aryl methyl sites for hydroxylation is 1. The normalized spacial score (nSPS) is 11.4. The number of nitrogens with one attached hydrogen (secondary N) is 2. The number of ether oxygens (including phenoxy) is 2. The van der Waals surface area contributed by atoms with Gasteiger partial charge in [-0.2, -0.15) is 0 Å². The summed E-state index contributed by atoms with van der Waals surface area (Å²) in [7, 11) is 3.09. The van der Waals surface area contributed by atoms with Crippen molar-refractivity contribution in [3.05, 3.63) is 52.5 Å². The van der Waals surface area contributed by atoms with Crippen molar-refractivity contribution in [2.75, 3.05) is 19.5 Å². The predicted molar refractivity (Wildman–Crippen MR) is 106 cm³/mol. The van der Waals surface area contributed by atoms with Crippen molar-refractivity contribution in [2.24, 2.45) is 0 Å². The minimum absolute atomic E-state index is 0.0662. The van der Waals surface area contributed by atoms with Crippen molar-refractivity contribution >= 4 is 29.1 Å². The highest BCUT2D eigenvalue weighted by molar-refractivity contribution is 6.31. The topological polar surface area (TPSA) is 76.7 Å². The van der Waals surface area contributed by atoms with Crippen LogP contribution in [-0.4, -0.2) is 26.0 Å². The molecule has 0 radical (unpaired) electrons. The maximum Gasteiger partial charge on any atom is 0.226 e. The van der Waals surface area contributed by atoms with Crippen LogP contribution in [-0.2, 0) is 9.59 Å². The Kier molecular flexibility index (Phi) is 7.07. The standard InChI is InChI=1S/C20H23ClN2O4/c1-12-9-18(19(27-4)10-16(12)21)23-20(25)11-17(22-13(2)24)14-5-7-15(26-3)8-6-14/h5-10,17H,11H2,1-4H3,(H,22,24)(H,23,25). The summed E-state index contributed by atoms with van der Waals surface area (Å²) < 4.78 is 10.4. The largest absolute Gasteiger partial charge is 0.497 e. The Balaban J connectivity index is 2.18. The molecule has 27 heavy (non-hydrogen) atoms. The zero-order valence-corrected chi connectivity index (χ0v) is 16.5. The molecular formula is C20H23ClN2O4. The number of hydrogen-bond donors (Lipinski definition) is 2. The first-order valence-electron chi connectivity index (χ1n) is 8.39. The van der Waals surface area contributed by atoms with Gasteiger partial charge in [-0.25, -0.2) is 0 Å². The molecule has 0 spiro atoms. The lowest BCUT2D eigenvalue weighted by Crippen LogP contribution is -2.29. The molecule has 0 saturated carbocycles. The lowest BCUT2D eigenvalue weighted by Gasteiger charge is -2.19. The molecule has 2 aromatic rings. The maximum absolute atomic E-state index is 12.6. The quantitative estimate of drug-likeness (QED) is 0.752. The van der Waals surface area contributed by atoms with Gasteiger partial charge in [-0.3, -0.25) is 9.59 Å². The van der Waals surface area contributed by atoms with Gasteiger partial charge in [-0.15, -0.1) is 0 Å². The van der Waals surface area contributed by atoms with Gasteiger partial charge in [0.05, 0.1) is 32.4 Å². The van der Waals surface area contributed by atoms with Crippen LogP contribution in [0, 0.1) is 6.92 Å². The lowest BCUT2D eigenvalue weighted by atomic mass is 10.0. The molecule has 0 aromatic heterocycles. The third kappa shape index (κ3) is 5.62. The smallest absolute Gasteiger partial charge is 0.226 e. The zero-order valence-electron chi connectivity index (χ0n) is 15.8. The number of benzene rings is 2. The molecular weight excluding hydrogens is 368 g/mol. The van der Waals surface area contributed by atoms with E-state index in [4.69, 9.17) is 21.1 Å². The van der Waals surface area contributed by atoms with Crippen molar-refractivity contribution in [1.29, 1.82) is 0 Å². The number of halogens is 1. The van der Waals surface area contributed by atoms with Crippen molar-refractivity contribution < 1.29 is 19.1 Å². The predicted octanol–water partition coefficient (Wildman–Crippen LogP) is 3.87. The van der Waals surface area contributed by atoms with E-state index >= 15 is 0 Å². The molecule has 2 N–H and O–H groups in total. The van der Waals surface area contributed by atoms with E-state index in [1.165, 1.54) is 14.0 Å². The fourth-order valence-electron chi connectivity index (χ4n) is 2.65. The molecule has 0 bridgehead atoms. The molecule has 0 aliphatic rings. The second-order valence-corrected chi connectivity index (χ2v) is 6.49. The second kappa shape index (κ2) is 9.28. The van der Waals surface area contributed by atoms with Crippen molar-refractivity contribution in [3.8, 4) is 11.5 Å². The van der Waals surface area contributed by atoms with Crippen molar-refractivity contribution in [2.45, 2.75) is 26.3 Å². The van der Waals surface area contributed by atoms with Gasteiger partial charge in [0, 0.05) is 18.0 Å². The Labute approximate surface area is 163 Å². The van der Waals surface area contributed by atoms with E-state index in [-0.39, 0.29) is 18.2 Å². The Hall–Kier alpha value is -2.73. The van der Waals surface area contributed by atoms with Crippen LogP contribution in [0.5, 0.6) is 11.5 Å². The van der Waals surface area contributed by atoms with Crippen LogP contribution in [0.2, 0.25) is 5.02 Å². The summed E-state index contributed by atoms with van der Waals surface area (Å²) in [6.07, 6.45) is 0.0662. The second-order valence-electron chi connectivity index (χ2n) is 6.08. The van der Waals surface area contributed by atoms with Crippen LogP contribution < -0.4 is 20.1 Å². The zero-order chi connectivity index (χ0) is 20.0. The summed E-state index contributed by atoms with van der Waals surface area (Å²) >= 11 is 6.10. The number of amides is 2. The highest BCUT2D eigenvalue weighted by Crippen LogP contribution is 2.31. The fourth-order valence-corrected chi connectivity index (χ4v) is 2.80. The number of carbonyl (C=O) groups is 2. The molecule has 0 fully saturated rings. The highest BCUT2D eigenvalue weighted by Gasteiger charge is 2.19. The number of methoxy groups -OCH3 is 2. The summed E-state index contributed by atoms with van der Waals surface area (Å²) in [6, 6.07) is 10.1. The van der Waals surface area contributed by atoms with Gasteiger partial charge >= 0.3 is 0 Å². The Morgan fingerprint density at radius 2 is 1.78 bits per heavy atom. The van der Waals surface area contributed by atoms with Crippen molar-refractivity contribution in [1.82, 2.24) is 5.32 Å². The minimum Gasteiger partial charge on any atom is -0.497 e. The van der Waals surface area contributed by atoms with Crippen LogP contribution >= 0.6 is 11.6 Å². The van der Waals surface area contributed by atoms with Gasteiger partial charge in [0.2, 0.25) is 11.8 Å². The van der Waals surface area contributed by atoms with E-state index in [1.54, 1.807) is 31.4 Å². The first-order chi connectivity index (χ1) is 12.8. The van der Waals surface area contributed by atoms with Crippen LogP contribution in [0.1, 0.15) is 30.5 Å². The summed E-state index contributed by atoms with van der Waals surface area (Å²) in [5, 5.41) is 6.19. The Morgan fingerprint density at radius 3 is 2.33 bits per heavy atom. The average molecular weight is 391 g/mol. The molecule has 7 heteroatoms. The third-order valence-electron chi connectivity index (χ3n) is 4.04. The molecule has 0 heterocycles. The average Bonchev–Trinajstić information content (AvgIpc) is 2.63. The van der Waals surface area contributed by atoms with Crippen molar-refractivity contribution in [3.63, 3.8) is 0 Å². The van der Waals surface area contributed by atoms with Gasteiger partial charge < -0.3 is 20.1 Å². The minimum atomic E-state index is -0.465. The van der Waals surface area contributed by atoms with E-state index in [9.17, 15) is 9.59 Å². The summed E-state index contributed by atoms with van der Waals surface area (Å²) in [5.74, 6) is 0.693. The van der Waals surface area contributed by atoms with E-state index in [1.807, 2.05) is 19.1 Å². The summed E-state index contributed by atoms with van der Waals surface area (Å²) in [5.41, 5.74) is 2.16. The Morgan fingerprint density at radius 1 is 1.11 bits per heavy atom. The number of carbonyl (C=O) groups excluding carboxylic acids is 2. The number of hydrogen-bond acceptors (Lipinski definition) is 4. The first-order valence-corrected chi connectivity index (χ1v) is 8.77. The van der Waals surface area contributed by atoms with Crippen LogP contribution in [0.3, 0.4) is 0 Å². The van der Waals surface area contributed by atoms with Gasteiger partial charge in [0.25, 0.3) is 0 Å². The Bertz CT molecular complexity index is 821. The van der Waals surface area contributed by atoms with Gasteiger partial charge in [0.1, 0.15) is 11.5 Å². The maximum atomic E-state index is 12.6. The van der Waals surface area contributed by atoms with E-state index < -0.39 is 6.04 Å². The molecule has 2 aromatic carbocycles. The van der Waals surface area contributed by atoms with Crippen LogP contribution in [0.4, 0.5) is 5.69 Å². The molecule has 0 aliphatic heterocycles. The fraction of sp³-hybridized carbons (Fsp3) is 0.300. The van der Waals surface area contributed by atoms with Gasteiger partial charge in [0.15, 0.2) is 0 Å². The van der Waals surface area contributed by atoms with E-state index in [0.717, 1.165) is 11.1 Å².